The number of aromatic hydroxyl groups is 1. The van der Waals surface area contributed by atoms with Crippen molar-refractivity contribution < 1.29 is 9.84 Å². The predicted octanol–water partition coefficient (Wildman–Crippen LogP) is 2.50. The number of fused-ring (bicyclic) bond motifs is 2. The van der Waals surface area contributed by atoms with Crippen LogP contribution >= 0.6 is 0 Å². The summed E-state index contributed by atoms with van der Waals surface area (Å²) >= 11 is 0. The second kappa shape index (κ2) is 3.95. The highest BCUT2D eigenvalue weighted by atomic mass is 16.5. The van der Waals surface area contributed by atoms with Crippen molar-refractivity contribution in [1.29, 1.82) is 0 Å². The van der Waals surface area contributed by atoms with Crippen molar-refractivity contribution in [2.45, 2.75) is 0 Å². The van der Waals surface area contributed by atoms with E-state index in [2.05, 4.69) is 0 Å². The lowest BCUT2D eigenvalue weighted by Gasteiger charge is -2.12. The van der Waals surface area contributed by atoms with Crippen LogP contribution in [0.15, 0.2) is 42.5 Å². The van der Waals surface area contributed by atoms with E-state index in [0.717, 1.165) is 21.9 Å². The minimum Gasteiger partial charge on any atom is -0.507 e. The fourth-order valence-corrected chi connectivity index (χ4v) is 2.35. The van der Waals surface area contributed by atoms with Gasteiger partial charge in [-0.3, -0.25) is 0 Å². The molecule has 0 aliphatic heterocycles. The van der Waals surface area contributed by atoms with E-state index in [9.17, 15) is 5.11 Å². The van der Waals surface area contributed by atoms with Gasteiger partial charge in [0.1, 0.15) is 19.3 Å². The molecule has 18 heavy (non-hydrogen) atoms. The number of benzene rings is 3. The smallest absolute Gasteiger partial charge is 0.134 e. The van der Waals surface area contributed by atoms with E-state index in [1.54, 1.807) is 19.2 Å². The van der Waals surface area contributed by atoms with Crippen LogP contribution in [-0.4, -0.2) is 20.1 Å². The zero-order chi connectivity index (χ0) is 12.7. The summed E-state index contributed by atoms with van der Waals surface area (Å²) < 4.78 is 5.48. The Labute approximate surface area is 106 Å². The molecule has 3 aromatic carbocycles. The maximum atomic E-state index is 10.3. The van der Waals surface area contributed by atoms with E-state index in [1.165, 1.54) is 0 Å². The molecule has 2 radical (unpaired) electrons. The van der Waals surface area contributed by atoms with E-state index in [1.807, 2.05) is 30.3 Å². The van der Waals surface area contributed by atoms with Gasteiger partial charge in [-0.1, -0.05) is 47.9 Å². The SMILES string of the molecule is [B]c1ccc2c(OC)c3ccccc3c(O)c2c1. The number of methoxy groups -OCH3 is 1. The fourth-order valence-electron chi connectivity index (χ4n) is 2.35. The molecule has 3 aromatic rings. The first-order valence-electron chi connectivity index (χ1n) is 5.69. The molecule has 0 bridgehead atoms. The summed E-state index contributed by atoms with van der Waals surface area (Å²) in [4.78, 5) is 0. The van der Waals surface area contributed by atoms with Crippen molar-refractivity contribution in [3.8, 4) is 11.5 Å². The van der Waals surface area contributed by atoms with Crippen LogP contribution in [0.5, 0.6) is 11.5 Å². The Morgan fingerprint density at radius 2 is 1.61 bits per heavy atom. The first-order chi connectivity index (χ1) is 8.72. The molecule has 0 aliphatic carbocycles. The molecule has 0 saturated heterocycles. The number of ether oxygens (including phenoxy) is 1. The Bertz CT molecular complexity index is 750. The van der Waals surface area contributed by atoms with Gasteiger partial charge in [0.05, 0.1) is 7.11 Å². The molecule has 3 heteroatoms. The molecular weight excluding hydrogens is 223 g/mol. The molecule has 0 unspecified atom stereocenters. The van der Waals surface area contributed by atoms with Crippen LogP contribution in [-0.2, 0) is 0 Å². The van der Waals surface area contributed by atoms with Gasteiger partial charge in [-0.25, -0.2) is 0 Å². The van der Waals surface area contributed by atoms with Crippen molar-refractivity contribution >= 4 is 34.9 Å². The Balaban J connectivity index is 2.61. The summed E-state index contributed by atoms with van der Waals surface area (Å²) in [6, 6.07) is 13.1. The van der Waals surface area contributed by atoms with Crippen LogP contribution in [0.2, 0.25) is 0 Å². The maximum Gasteiger partial charge on any atom is 0.134 e. The van der Waals surface area contributed by atoms with Gasteiger partial charge in [0.25, 0.3) is 0 Å². The average Bonchev–Trinajstić information content (AvgIpc) is 2.40. The second-order valence-electron chi connectivity index (χ2n) is 4.23. The van der Waals surface area contributed by atoms with Gasteiger partial charge in [0, 0.05) is 21.5 Å². The summed E-state index contributed by atoms with van der Waals surface area (Å²) in [6.07, 6.45) is 0. The van der Waals surface area contributed by atoms with Gasteiger partial charge < -0.3 is 9.84 Å². The molecule has 0 saturated carbocycles. The Morgan fingerprint density at radius 3 is 2.33 bits per heavy atom. The third-order valence-corrected chi connectivity index (χ3v) is 3.17. The van der Waals surface area contributed by atoms with E-state index in [0.29, 0.717) is 10.8 Å². The molecule has 0 fully saturated rings. The van der Waals surface area contributed by atoms with Crippen molar-refractivity contribution in [3.63, 3.8) is 0 Å². The second-order valence-corrected chi connectivity index (χ2v) is 4.23. The van der Waals surface area contributed by atoms with Gasteiger partial charge in [0.15, 0.2) is 0 Å². The lowest BCUT2D eigenvalue weighted by Crippen LogP contribution is -2.00. The van der Waals surface area contributed by atoms with Crippen LogP contribution in [0.25, 0.3) is 21.5 Å². The highest BCUT2D eigenvalue weighted by molar-refractivity contribution is 6.33. The fraction of sp³-hybridized carbons (Fsp3) is 0.0667. The third kappa shape index (κ3) is 1.44. The van der Waals surface area contributed by atoms with Crippen molar-refractivity contribution in [2.24, 2.45) is 0 Å². The van der Waals surface area contributed by atoms with Crippen LogP contribution in [0.1, 0.15) is 0 Å². The molecule has 86 valence electrons. The van der Waals surface area contributed by atoms with Gasteiger partial charge in [-0.05, 0) is 0 Å². The first kappa shape index (κ1) is 11.0. The minimum absolute atomic E-state index is 0.244. The Hall–Kier alpha value is -2.16. The van der Waals surface area contributed by atoms with Crippen LogP contribution < -0.4 is 10.2 Å². The lowest BCUT2D eigenvalue weighted by molar-refractivity contribution is 0.424. The van der Waals surface area contributed by atoms with Crippen molar-refractivity contribution in [3.05, 3.63) is 42.5 Å². The van der Waals surface area contributed by atoms with E-state index < -0.39 is 0 Å². The predicted molar refractivity (Wildman–Crippen MR) is 75.1 cm³/mol. The molecule has 0 aromatic heterocycles. The number of phenolic OH excluding ortho intramolecular Hbond substituents is 1. The Morgan fingerprint density at radius 1 is 0.944 bits per heavy atom. The zero-order valence-electron chi connectivity index (χ0n) is 9.97. The van der Waals surface area contributed by atoms with Gasteiger partial charge in [-0.2, -0.15) is 0 Å². The lowest BCUT2D eigenvalue weighted by atomic mass is 9.91. The molecule has 0 aliphatic rings. The molecule has 0 amide bonds. The van der Waals surface area contributed by atoms with E-state index in [-0.39, 0.29) is 5.75 Å². The van der Waals surface area contributed by atoms with Gasteiger partial charge in [0.2, 0.25) is 0 Å². The van der Waals surface area contributed by atoms with Gasteiger partial charge in [-0.15, -0.1) is 0 Å². The molecule has 0 atom stereocenters. The standard InChI is InChI=1S/C15H11BO2/c1-18-15-11-5-3-2-4-10(11)14(17)13-8-9(16)6-7-12(13)15/h2-8,17H,1H3. The average molecular weight is 234 g/mol. The normalized spacial score (nSPS) is 10.9. The van der Waals surface area contributed by atoms with Crippen LogP contribution in [0.4, 0.5) is 0 Å². The highest BCUT2D eigenvalue weighted by Crippen LogP contribution is 2.41. The highest BCUT2D eigenvalue weighted by Gasteiger charge is 2.13. The van der Waals surface area contributed by atoms with Gasteiger partial charge >= 0.3 is 0 Å². The van der Waals surface area contributed by atoms with E-state index in [4.69, 9.17) is 12.6 Å². The quantitative estimate of drug-likeness (QED) is 0.517. The largest absolute Gasteiger partial charge is 0.507 e. The first-order valence-corrected chi connectivity index (χ1v) is 5.69. The summed E-state index contributed by atoms with van der Waals surface area (Å²) in [6.45, 7) is 0. The Kier molecular flexibility index (Phi) is 2.41. The molecule has 0 spiro atoms. The zero-order valence-corrected chi connectivity index (χ0v) is 9.97. The molecule has 2 nitrogen and oxygen atoms in total. The van der Waals surface area contributed by atoms with Crippen LogP contribution in [0, 0.1) is 0 Å². The third-order valence-electron chi connectivity index (χ3n) is 3.17. The number of phenols is 1. The summed E-state index contributed by atoms with van der Waals surface area (Å²) in [5, 5.41) is 13.6. The number of rotatable bonds is 1. The molecular formula is C15H11BO2. The molecule has 1 N–H and O–H groups in total. The topological polar surface area (TPSA) is 29.5 Å². The van der Waals surface area contributed by atoms with Crippen molar-refractivity contribution in [2.75, 3.05) is 7.11 Å². The molecule has 3 rings (SSSR count). The molecule has 0 heterocycles. The van der Waals surface area contributed by atoms with Crippen molar-refractivity contribution in [1.82, 2.24) is 0 Å². The maximum absolute atomic E-state index is 10.3. The van der Waals surface area contributed by atoms with Crippen LogP contribution in [0.3, 0.4) is 0 Å². The van der Waals surface area contributed by atoms with E-state index >= 15 is 0 Å². The summed E-state index contributed by atoms with van der Waals surface area (Å²) in [5.41, 5.74) is 0.620. The summed E-state index contributed by atoms with van der Waals surface area (Å²) in [7, 11) is 7.41. The number of hydrogen-bond donors (Lipinski definition) is 1. The monoisotopic (exact) mass is 234 g/mol. The number of hydrogen-bond acceptors (Lipinski definition) is 2. The minimum atomic E-state index is 0.244. The summed E-state index contributed by atoms with van der Waals surface area (Å²) in [5.74, 6) is 1.01.